The number of hydrogen-bond acceptors (Lipinski definition) is 5. The van der Waals surface area contributed by atoms with Crippen molar-refractivity contribution in [3.63, 3.8) is 0 Å². The summed E-state index contributed by atoms with van der Waals surface area (Å²) in [6, 6.07) is 9.43. The fraction of sp³-hybridized carbons (Fsp3) is 0.0588. The van der Waals surface area contributed by atoms with E-state index in [9.17, 15) is 4.79 Å². The first-order valence-corrected chi connectivity index (χ1v) is 8.67. The Morgan fingerprint density at radius 3 is 2.88 bits per heavy atom. The number of nitrogens with zero attached hydrogens (tertiary/aromatic N) is 4. The van der Waals surface area contributed by atoms with Gasteiger partial charge >= 0.3 is 0 Å². The lowest BCUT2D eigenvalue weighted by molar-refractivity contribution is 0.102. The molecule has 0 spiro atoms. The summed E-state index contributed by atoms with van der Waals surface area (Å²) in [5.41, 5.74) is 2.06. The standard InChI is InChI=1S/C17H12ClN5OS/c18-12-4-2-11(3-5-12)8-13-9-20-17(25-13)22-16(24)14-10-21-23-7-1-6-19-15(14)23/h1-7,9-10H,8H2,(H,20,22,24). The van der Waals surface area contributed by atoms with Gasteiger partial charge in [0, 0.05) is 34.9 Å². The summed E-state index contributed by atoms with van der Waals surface area (Å²) in [6.07, 6.45) is 7.38. The minimum Gasteiger partial charge on any atom is -0.298 e. The molecule has 4 rings (SSSR count). The average Bonchev–Trinajstić information content (AvgIpc) is 3.23. The topological polar surface area (TPSA) is 72.2 Å². The number of thiazole rings is 1. The normalized spacial score (nSPS) is 10.9. The molecule has 6 nitrogen and oxygen atoms in total. The van der Waals surface area contributed by atoms with Gasteiger partial charge in [-0.1, -0.05) is 23.7 Å². The minimum atomic E-state index is -0.277. The molecule has 0 fully saturated rings. The molecule has 0 aliphatic heterocycles. The van der Waals surface area contributed by atoms with Gasteiger partial charge in [0.25, 0.3) is 5.91 Å². The minimum absolute atomic E-state index is 0.277. The van der Waals surface area contributed by atoms with Crippen LogP contribution in [0.4, 0.5) is 5.13 Å². The van der Waals surface area contributed by atoms with Gasteiger partial charge in [-0.05, 0) is 23.8 Å². The zero-order valence-electron chi connectivity index (χ0n) is 12.9. The van der Waals surface area contributed by atoms with Crippen molar-refractivity contribution < 1.29 is 4.79 Å². The molecule has 8 heteroatoms. The highest BCUT2D eigenvalue weighted by Gasteiger charge is 2.15. The van der Waals surface area contributed by atoms with Crippen molar-refractivity contribution in [1.82, 2.24) is 19.6 Å². The lowest BCUT2D eigenvalue weighted by atomic mass is 10.1. The van der Waals surface area contributed by atoms with Crippen LogP contribution in [0.2, 0.25) is 5.02 Å². The SMILES string of the molecule is O=C(Nc1ncc(Cc2ccc(Cl)cc2)s1)c1cnn2cccnc12. The van der Waals surface area contributed by atoms with Gasteiger partial charge in [0.15, 0.2) is 10.8 Å². The van der Waals surface area contributed by atoms with Crippen LogP contribution < -0.4 is 5.32 Å². The summed E-state index contributed by atoms with van der Waals surface area (Å²) in [6.45, 7) is 0. The van der Waals surface area contributed by atoms with Crippen molar-refractivity contribution >= 4 is 39.6 Å². The maximum absolute atomic E-state index is 12.4. The van der Waals surface area contributed by atoms with Gasteiger partial charge in [0.2, 0.25) is 0 Å². The lowest BCUT2D eigenvalue weighted by Crippen LogP contribution is -2.11. The summed E-state index contributed by atoms with van der Waals surface area (Å²) in [5.74, 6) is -0.277. The van der Waals surface area contributed by atoms with Gasteiger partial charge in [0.1, 0.15) is 5.56 Å². The van der Waals surface area contributed by atoms with E-state index in [4.69, 9.17) is 11.6 Å². The van der Waals surface area contributed by atoms with E-state index in [-0.39, 0.29) is 5.91 Å². The highest BCUT2D eigenvalue weighted by atomic mass is 35.5. The number of carbonyl (C=O) groups excluding carboxylic acids is 1. The number of anilines is 1. The quantitative estimate of drug-likeness (QED) is 0.595. The largest absolute Gasteiger partial charge is 0.298 e. The van der Waals surface area contributed by atoms with Crippen LogP contribution in [0.3, 0.4) is 0 Å². The Hall–Kier alpha value is -2.77. The molecule has 0 saturated heterocycles. The van der Waals surface area contributed by atoms with Crippen LogP contribution in [-0.2, 0) is 6.42 Å². The van der Waals surface area contributed by atoms with Crippen LogP contribution in [0.15, 0.2) is 55.1 Å². The first-order chi connectivity index (χ1) is 12.2. The van der Waals surface area contributed by atoms with Crippen LogP contribution in [0.25, 0.3) is 5.65 Å². The van der Waals surface area contributed by atoms with E-state index in [1.807, 2.05) is 24.3 Å². The first kappa shape index (κ1) is 15.7. The molecule has 0 aliphatic carbocycles. The van der Waals surface area contributed by atoms with E-state index in [1.165, 1.54) is 17.5 Å². The zero-order valence-corrected chi connectivity index (χ0v) is 14.5. The Balaban J connectivity index is 1.49. The van der Waals surface area contributed by atoms with E-state index >= 15 is 0 Å². The van der Waals surface area contributed by atoms with Gasteiger partial charge in [-0.15, -0.1) is 11.3 Å². The van der Waals surface area contributed by atoms with Crippen LogP contribution in [-0.4, -0.2) is 25.5 Å². The average molecular weight is 370 g/mol. The van der Waals surface area contributed by atoms with Crippen molar-refractivity contribution in [2.45, 2.75) is 6.42 Å². The Labute approximate surface area is 152 Å². The van der Waals surface area contributed by atoms with Crippen molar-refractivity contribution in [3.8, 4) is 0 Å². The third-order valence-corrected chi connectivity index (χ3v) is 4.75. The molecule has 0 unspecified atom stereocenters. The molecule has 1 aromatic carbocycles. The highest BCUT2D eigenvalue weighted by molar-refractivity contribution is 7.15. The zero-order chi connectivity index (χ0) is 17.2. The predicted octanol–water partition coefficient (Wildman–Crippen LogP) is 3.68. The number of hydrogen-bond donors (Lipinski definition) is 1. The first-order valence-electron chi connectivity index (χ1n) is 7.48. The van der Waals surface area contributed by atoms with E-state index in [1.54, 1.807) is 29.2 Å². The van der Waals surface area contributed by atoms with Gasteiger partial charge in [-0.3, -0.25) is 10.1 Å². The number of amides is 1. The second-order valence-electron chi connectivity index (χ2n) is 5.34. The van der Waals surface area contributed by atoms with E-state index < -0.39 is 0 Å². The van der Waals surface area contributed by atoms with Crippen LogP contribution in [0.1, 0.15) is 20.8 Å². The molecule has 0 atom stereocenters. The fourth-order valence-corrected chi connectivity index (χ4v) is 3.37. The third kappa shape index (κ3) is 3.38. The number of nitrogens with one attached hydrogen (secondary N) is 1. The van der Waals surface area contributed by atoms with E-state index in [0.717, 1.165) is 16.9 Å². The summed E-state index contributed by atoms with van der Waals surface area (Å²) < 4.78 is 1.56. The maximum atomic E-state index is 12.4. The molecule has 1 N–H and O–H groups in total. The molecule has 1 amide bonds. The number of aromatic nitrogens is 4. The molecule has 0 aliphatic rings. The highest BCUT2D eigenvalue weighted by Crippen LogP contribution is 2.23. The van der Waals surface area contributed by atoms with Gasteiger partial charge in [0.05, 0.1) is 6.20 Å². The molecule has 4 aromatic rings. The second kappa shape index (κ2) is 6.62. The molecular formula is C17H12ClN5OS. The fourth-order valence-electron chi connectivity index (χ4n) is 2.40. The third-order valence-electron chi connectivity index (χ3n) is 3.59. The summed E-state index contributed by atoms with van der Waals surface area (Å²) in [5, 5.41) is 8.18. The number of benzene rings is 1. The Morgan fingerprint density at radius 2 is 2.04 bits per heavy atom. The number of rotatable bonds is 4. The molecule has 0 radical (unpaired) electrons. The Bertz CT molecular complexity index is 1040. The maximum Gasteiger partial charge on any atom is 0.262 e. The number of halogens is 1. The van der Waals surface area contributed by atoms with Crippen LogP contribution in [0, 0.1) is 0 Å². The monoisotopic (exact) mass is 369 g/mol. The lowest BCUT2D eigenvalue weighted by Gasteiger charge is -2.00. The summed E-state index contributed by atoms with van der Waals surface area (Å²) in [4.78, 5) is 21.9. The molecule has 25 heavy (non-hydrogen) atoms. The smallest absolute Gasteiger partial charge is 0.262 e. The Morgan fingerprint density at radius 1 is 1.20 bits per heavy atom. The van der Waals surface area contributed by atoms with Crippen molar-refractivity contribution in [3.05, 3.63) is 76.1 Å². The molecule has 0 bridgehead atoms. The second-order valence-corrected chi connectivity index (χ2v) is 6.89. The molecule has 3 heterocycles. The number of carbonyl (C=O) groups is 1. The predicted molar refractivity (Wildman–Crippen MR) is 97.3 cm³/mol. The Kier molecular flexibility index (Phi) is 4.17. The molecule has 124 valence electrons. The van der Waals surface area contributed by atoms with E-state index in [2.05, 4.69) is 20.4 Å². The van der Waals surface area contributed by atoms with Crippen molar-refractivity contribution in [2.75, 3.05) is 5.32 Å². The summed E-state index contributed by atoms with van der Waals surface area (Å²) >= 11 is 7.34. The molecule has 0 saturated carbocycles. The number of fused-ring (bicyclic) bond motifs is 1. The van der Waals surface area contributed by atoms with Crippen molar-refractivity contribution in [1.29, 1.82) is 0 Å². The van der Waals surface area contributed by atoms with Gasteiger partial charge < -0.3 is 0 Å². The molecular weight excluding hydrogens is 358 g/mol. The van der Waals surface area contributed by atoms with Crippen LogP contribution in [0.5, 0.6) is 0 Å². The van der Waals surface area contributed by atoms with Crippen LogP contribution >= 0.6 is 22.9 Å². The molecule has 3 aromatic heterocycles. The van der Waals surface area contributed by atoms with E-state index in [0.29, 0.717) is 21.4 Å². The van der Waals surface area contributed by atoms with Gasteiger partial charge in [-0.2, -0.15) is 5.10 Å². The summed E-state index contributed by atoms with van der Waals surface area (Å²) in [7, 11) is 0. The van der Waals surface area contributed by atoms with Crippen molar-refractivity contribution in [2.24, 2.45) is 0 Å². The van der Waals surface area contributed by atoms with Gasteiger partial charge in [-0.25, -0.2) is 14.5 Å².